The molecule has 0 saturated heterocycles. The van der Waals surface area contributed by atoms with Gasteiger partial charge < -0.3 is 5.32 Å². The van der Waals surface area contributed by atoms with Crippen molar-refractivity contribution in [3.05, 3.63) is 17.0 Å². The molecule has 0 unspecified atom stereocenters. The van der Waals surface area contributed by atoms with Crippen molar-refractivity contribution in [2.45, 2.75) is 13.8 Å². The van der Waals surface area contributed by atoms with Gasteiger partial charge in [-0.1, -0.05) is 0 Å². The van der Waals surface area contributed by atoms with Crippen molar-refractivity contribution in [3.63, 3.8) is 0 Å². The standard InChI is InChI=1S/C9H15N3OS/c1-6-8(7(2)12-11-6)9(13)10-4-5-14-3/h4-5H2,1-3H3,(H,10,13)(H,11,12). The fourth-order valence-corrected chi connectivity index (χ4v) is 1.55. The summed E-state index contributed by atoms with van der Waals surface area (Å²) in [5.41, 5.74) is 2.25. The quantitative estimate of drug-likeness (QED) is 0.737. The van der Waals surface area contributed by atoms with Crippen LogP contribution in [0.1, 0.15) is 21.7 Å². The minimum Gasteiger partial charge on any atom is -0.351 e. The summed E-state index contributed by atoms with van der Waals surface area (Å²) in [4.78, 5) is 11.6. The van der Waals surface area contributed by atoms with E-state index >= 15 is 0 Å². The van der Waals surface area contributed by atoms with E-state index in [1.807, 2.05) is 20.1 Å². The van der Waals surface area contributed by atoms with E-state index in [2.05, 4.69) is 15.5 Å². The maximum absolute atomic E-state index is 11.6. The van der Waals surface area contributed by atoms with Crippen molar-refractivity contribution < 1.29 is 4.79 Å². The molecule has 0 bridgehead atoms. The third-order valence-corrected chi connectivity index (χ3v) is 2.56. The lowest BCUT2D eigenvalue weighted by Crippen LogP contribution is -2.26. The lowest BCUT2D eigenvalue weighted by Gasteiger charge is -2.03. The summed E-state index contributed by atoms with van der Waals surface area (Å²) in [6.45, 7) is 4.38. The van der Waals surface area contributed by atoms with Crippen LogP contribution in [0.2, 0.25) is 0 Å². The molecule has 5 heteroatoms. The fraction of sp³-hybridized carbons (Fsp3) is 0.556. The van der Waals surface area contributed by atoms with Crippen LogP contribution in [0.5, 0.6) is 0 Å². The molecule has 0 saturated carbocycles. The third-order valence-electron chi connectivity index (χ3n) is 1.95. The van der Waals surface area contributed by atoms with E-state index in [9.17, 15) is 4.79 Å². The summed E-state index contributed by atoms with van der Waals surface area (Å²) in [6, 6.07) is 0. The molecule has 1 rings (SSSR count). The van der Waals surface area contributed by atoms with Gasteiger partial charge >= 0.3 is 0 Å². The molecule has 1 aromatic heterocycles. The van der Waals surface area contributed by atoms with Gasteiger partial charge in [0.25, 0.3) is 5.91 Å². The Labute approximate surface area is 87.9 Å². The van der Waals surface area contributed by atoms with Crippen molar-refractivity contribution >= 4 is 17.7 Å². The molecule has 1 amide bonds. The molecule has 78 valence electrons. The Hall–Kier alpha value is -0.970. The number of hydrogen-bond acceptors (Lipinski definition) is 3. The summed E-state index contributed by atoms with van der Waals surface area (Å²) < 4.78 is 0. The molecule has 0 atom stereocenters. The zero-order valence-corrected chi connectivity index (χ0v) is 9.49. The van der Waals surface area contributed by atoms with Crippen molar-refractivity contribution in [1.29, 1.82) is 0 Å². The van der Waals surface area contributed by atoms with Crippen LogP contribution in [0, 0.1) is 13.8 Å². The molecule has 0 aliphatic carbocycles. The molecule has 1 heterocycles. The highest BCUT2D eigenvalue weighted by Crippen LogP contribution is 2.08. The Bertz CT molecular complexity index is 302. The summed E-state index contributed by atoms with van der Waals surface area (Å²) >= 11 is 1.71. The first-order valence-corrected chi connectivity index (χ1v) is 5.85. The summed E-state index contributed by atoms with van der Waals surface area (Å²) in [5.74, 6) is 0.893. The van der Waals surface area contributed by atoms with Gasteiger partial charge in [0.05, 0.1) is 11.3 Å². The van der Waals surface area contributed by atoms with Crippen LogP contribution in [-0.4, -0.2) is 34.7 Å². The SMILES string of the molecule is CSCCNC(=O)c1c(C)n[nH]c1C. The second-order valence-corrected chi connectivity index (χ2v) is 4.04. The maximum atomic E-state index is 11.6. The van der Waals surface area contributed by atoms with E-state index in [0.717, 1.165) is 17.1 Å². The Morgan fingerprint density at radius 3 is 2.79 bits per heavy atom. The van der Waals surface area contributed by atoms with Gasteiger partial charge in [0.15, 0.2) is 0 Å². The van der Waals surface area contributed by atoms with Gasteiger partial charge in [0.2, 0.25) is 0 Å². The summed E-state index contributed by atoms with van der Waals surface area (Å²) in [7, 11) is 0. The minimum absolute atomic E-state index is 0.0391. The molecular weight excluding hydrogens is 198 g/mol. The number of nitrogens with one attached hydrogen (secondary N) is 2. The van der Waals surface area contributed by atoms with E-state index in [-0.39, 0.29) is 5.91 Å². The molecule has 4 nitrogen and oxygen atoms in total. The Kier molecular flexibility index (Phi) is 4.00. The van der Waals surface area contributed by atoms with Crippen LogP contribution < -0.4 is 5.32 Å². The van der Waals surface area contributed by atoms with Crippen molar-refractivity contribution in [1.82, 2.24) is 15.5 Å². The number of H-pyrrole nitrogens is 1. The highest BCUT2D eigenvalue weighted by molar-refractivity contribution is 7.98. The summed E-state index contributed by atoms with van der Waals surface area (Å²) in [5, 5.41) is 9.61. The van der Waals surface area contributed by atoms with Gasteiger partial charge in [0.1, 0.15) is 0 Å². The molecule has 0 fully saturated rings. The number of aromatic nitrogens is 2. The number of carbonyl (C=O) groups is 1. The minimum atomic E-state index is -0.0391. The molecule has 0 aliphatic heterocycles. The van der Waals surface area contributed by atoms with Gasteiger partial charge in [-0.05, 0) is 20.1 Å². The number of carbonyl (C=O) groups excluding carboxylic acids is 1. The van der Waals surface area contributed by atoms with Gasteiger partial charge in [-0.3, -0.25) is 9.89 Å². The lowest BCUT2D eigenvalue weighted by atomic mass is 10.2. The first-order valence-electron chi connectivity index (χ1n) is 4.45. The fourth-order valence-electron chi connectivity index (χ4n) is 1.24. The maximum Gasteiger partial charge on any atom is 0.255 e. The van der Waals surface area contributed by atoms with E-state index in [1.54, 1.807) is 11.8 Å². The number of aromatic amines is 1. The molecular formula is C9H15N3OS. The number of nitrogens with zero attached hydrogens (tertiary/aromatic N) is 1. The van der Waals surface area contributed by atoms with Gasteiger partial charge in [-0.15, -0.1) is 0 Å². The van der Waals surface area contributed by atoms with Crippen LogP contribution in [0.15, 0.2) is 0 Å². The first-order chi connectivity index (χ1) is 6.66. The van der Waals surface area contributed by atoms with Crippen LogP contribution in [0.3, 0.4) is 0 Å². The summed E-state index contributed by atoms with van der Waals surface area (Å²) in [6.07, 6.45) is 2.01. The Morgan fingerprint density at radius 2 is 2.29 bits per heavy atom. The number of amides is 1. The second kappa shape index (κ2) is 5.05. The van der Waals surface area contributed by atoms with Crippen LogP contribution in [0.4, 0.5) is 0 Å². The second-order valence-electron chi connectivity index (χ2n) is 3.06. The molecule has 1 aromatic rings. The average Bonchev–Trinajstić information content (AvgIpc) is 2.46. The molecule has 0 aliphatic rings. The highest BCUT2D eigenvalue weighted by Gasteiger charge is 2.13. The predicted octanol–water partition coefficient (Wildman–Crippen LogP) is 1.12. The van der Waals surface area contributed by atoms with E-state index in [4.69, 9.17) is 0 Å². The monoisotopic (exact) mass is 213 g/mol. The number of rotatable bonds is 4. The van der Waals surface area contributed by atoms with Gasteiger partial charge in [0, 0.05) is 18.0 Å². The smallest absolute Gasteiger partial charge is 0.255 e. The van der Waals surface area contributed by atoms with E-state index in [0.29, 0.717) is 12.1 Å². The predicted molar refractivity (Wildman–Crippen MR) is 58.8 cm³/mol. The molecule has 0 spiro atoms. The topological polar surface area (TPSA) is 57.8 Å². The van der Waals surface area contributed by atoms with Crippen molar-refractivity contribution in [2.24, 2.45) is 0 Å². The number of thioether (sulfide) groups is 1. The largest absolute Gasteiger partial charge is 0.351 e. The molecule has 0 aromatic carbocycles. The average molecular weight is 213 g/mol. The van der Waals surface area contributed by atoms with Crippen LogP contribution in [-0.2, 0) is 0 Å². The van der Waals surface area contributed by atoms with Gasteiger partial charge in [-0.25, -0.2) is 0 Å². The molecule has 2 N–H and O–H groups in total. The Balaban J connectivity index is 2.60. The molecule has 14 heavy (non-hydrogen) atoms. The zero-order chi connectivity index (χ0) is 10.6. The van der Waals surface area contributed by atoms with Gasteiger partial charge in [-0.2, -0.15) is 16.9 Å². The van der Waals surface area contributed by atoms with Crippen molar-refractivity contribution in [3.8, 4) is 0 Å². The lowest BCUT2D eigenvalue weighted by molar-refractivity contribution is 0.0955. The third kappa shape index (κ3) is 2.51. The van der Waals surface area contributed by atoms with Crippen LogP contribution >= 0.6 is 11.8 Å². The number of hydrogen-bond donors (Lipinski definition) is 2. The van der Waals surface area contributed by atoms with E-state index in [1.165, 1.54) is 0 Å². The normalized spacial score (nSPS) is 10.2. The Morgan fingerprint density at radius 1 is 1.57 bits per heavy atom. The zero-order valence-electron chi connectivity index (χ0n) is 8.68. The molecule has 0 radical (unpaired) electrons. The van der Waals surface area contributed by atoms with Crippen LogP contribution in [0.25, 0.3) is 0 Å². The first kappa shape index (κ1) is 11.1. The van der Waals surface area contributed by atoms with E-state index < -0.39 is 0 Å². The highest BCUT2D eigenvalue weighted by atomic mass is 32.2. The van der Waals surface area contributed by atoms with Crippen molar-refractivity contribution in [2.75, 3.05) is 18.6 Å². The number of aryl methyl sites for hydroxylation is 2.